The number of hydrogen-bond acceptors (Lipinski definition) is 4. The van der Waals surface area contributed by atoms with Crippen molar-refractivity contribution in [2.45, 2.75) is 13.0 Å². The zero-order chi connectivity index (χ0) is 11.7. The van der Waals surface area contributed by atoms with Crippen molar-refractivity contribution in [3.8, 4) is 0 Å². The normalized spacial score (nSPS) is 18.8. The lowest BCUT2D eigenvalue weighted by Gasteiger charge is -2.17. The summed E-state index contributed by atoms with van der Waals surface area (Å²) in [5.74, 6) is 5.16. The Balaban J connectivity index is 2.58. The first-order valence-corrected chi connectivity index (χ1v) is 4.80. The second-order valence-electron chi connectivity index (χ2n) is 3.50. The zero-order valence-corrected chi connectivity index (χ0v) is 8.77. The van der Waals surface area contributed by atoms with Crippen LogP contribution in [0.1, 0.15) is 18.5 Å². The lowest BCUT2D eigenvalue weighted by molar-refractivity contribution is -0.540. The summed E-state index contributed by atoms with van der Waals surface area (Å²) in [6.07, 6.45) is 0. The number of amidine groups is 1. The fourth-order valence-electron chi connectivity index (χ4n) is 1.71. The largest absolute Gasteiger partial charge is 0.316 e. The summed E-state index contributed by atoms with van der Waals surface area (Å²) < 4.78 is 1.06. The minimum absolute atomic E-state index is 0.420. The lowest BCUT2D eigenvalue weighted by atomic mass is 10.0. The maximum absolute atomic E-state index is 11.6. The highest BCUT2D eigenvalue weighted by Crippen LogP contribution is 2.32. The number of carbonyl (C=O) groups excluding carboxylic acids is 1. The van der Waals surface area contributed by atoms with Crippen molar-refractivity contribution in [3.63, 3.8) is 0 Å². The van der Waals surface area contributed by atoms with Crippen LogP contribution in [-0.4, -0.2) is 16.4 Å². The standard InChI is InChI=1S/C10H11N5O/c1-6-13-8-5-3-2-4-7(8)9(15(6)12)10(16)14-11/h2-5,9,11H,12H2,1H3/p+1. The minimum Gasteiger partial charge on any atom is -0.290 e. The molecule has 4 N–H and O–H groups in total. The average Bonchev–Trinajstić information content (AvgIpc) is 2.30. The Morgan fingerprint density at radius 1 is 1.56 bits per heavy atom. The van der Waals surface area contributed by atoms with Gasteiger partial charge in [-0.05, 0) is 17.1 Å². The van der Waals surface area contributed by atoms with Gasteiger partial charge in [-0.2, -0.15) is 0 Å². The van der Waals surface area contributed by atoms with Crippen molar-refractivity contribution >= 4 is 17.4 Å². The van der Waals surface area contributed by atoms with E-state index in [0.717, 1.165) is 4.70 Å². The summed E-state index contributed by atoms with van der Waals surface area (Å²) >= 11 is 0. The first kappa shape index (κ1) is 10.4. The molecule has 16 heavy (non-hydrogen) atoms. The van der Waals surface area contributed by atoms with E-state index in [2.05, 4.69) is 10.4 Å². The van der Waals surface area contributed by atoms with Gasteiger partial charge >= 0.3 is 5.84 Å². The molecule has 1 atom stereocenters. The van der Waals surface area contributed by atoms with E-state index >= 15 is 0 Å². The molecule has 6 heteroatoms. The molecule has 0 spiro atoms. The minimum atomic E-state index is -0.737. The van der Waals surface area contributed by atoms with Gasteiger partial charge in [0.2, 0.25) is 6.04 Å². The molecule has 0 bridgehead atoms. The number of benzene rings is 1. The van der Waals surface area contributed by atoms with Gasteiger partial charge in [0.05, 0.1) is 5.56 Å². The monoisotopic (exact) mass is 218 g/mol. The molecule has 0 saturated heterocycles. The summed E-state index contributed by atoms with van der Waals surface area (Å²) in [5.41, 5.74) is 11.2. The van der Waals surface area contributed by atoms with E-state index in [1.54, 1.807) is 19.1 Å². The van der Waals surface area contributed by atoms with Gasteiger partial charge in [-0.15, -0.1) is 10.2 Å². The molecule has 0 radical (unpaired) electrons. The Bertz CT molecular complexity index is 494. The molecule has 0 fully saturated rings. The van der Waals surface area contributed by atoms with Gasteiger partial charge in [-0.3, -0.25) is 10.2 Å². The molecule has 1 aromatic rings. The van der Waals surface area contributed by atoms with Crippen LogP contribution < -0.4 is 11.3 Å². The molecule has 2 rings (SSSR count). The molecule has 1 aliphatic rings. The van der Waals surface area contributed by atoms with Crippen LogP contribution in [0.2, 0.25) is 0 Å². The Kier molecular flexibility index (Phi) is 2.49. The highest BCUT2D eigenvalue weighted by molar-refractivity contribution is 5.88. The number of fused-ring (bicyclic) bond motifs is 1. The first-order valence-electron chi connectivity index (χ1n) is 4.80. The summed E-state index contributed by atoms with van der Waals surface area (Å²) in [7, 11) is 0. The maximum atomic E-state index is 11.6. The van der Waals surface area contributed by atoms with Crippen molar-refractivity contribution in [3.05, 3.63) is 29.8 Å². The summed E-state index contributed by atoms with van der Waals surface area (Å²) in [6, 6.07) is 6.49. The van der Waals surface area contributed by atoms with Crippen LogP contribution in [0.15, 0.2) is 29.3 Å². The van der Waals surface area contributed by atoms with E-state index in [4.69, 9.17) is 11.4 Å². The molecule has 6 nitrogen and oxygen atoms in total. The number of para-hydroxylation sites is 1. The molecular weight excluding hydrogens is 206 g/mol. The van der Waals surface area contributed by atoms with Crippen LogP contribution in [0.5, 0.6) is 0 Å². The Morgan fingerprint density at radius 2 is 2.25 bits per heavy atom. The number of hydrogen-bond donors (Lipinski definition) is 3. The van der Waals surface area contributed by atoms with E-state index in [-0.39, 0.29) is 0 Å². The number of rotatable bonds is 1. The number of nitrogens with one attached hydrogen (secondary N) is 2. The fourth-order valence-corrected chi connectivity index (χ4v) is 1.71. The van der Waals surface area contributed by atoms with Gasteiger partial charge in [0.15, 0.2) is 5.69 Å². The van der Waals surface area contributed by atoms with E-state index in [1.165, 1.54) is 0 Å². The number of amides is 1. The smallest absolute Gasteiger partial charge is 0.290 e. The second kappa shape index (κ2) is 3.82. The van der Waals surface area contributed by atoms with Gasteiger partial charge in [0.25, 0.3) is 5.91 Å². The van der Waals surface area contributed by atoms with Crippen LogP contribution in [-0.2, 0) is 4.79 Å². The SMILES string of the molecule is CC1=Nc2ccccc2C(C(=O)NN)[N+]1=N. The predicted octanol–water partition coefficient (Wildman–Crippen LogP) is 0.825. The number of nitrogens with two attached hydrogens (primary N) is 1. The Labute approximate surface area is 92.2 Å². The third-order valence-electron chi connectivity index (χ3n) is 2.51. The van der Waals surface area contributed by atoms with Crippen molar-refractivity contribution in [2.24, 2.45) is 10.8 Å². The van der Waals surface area contributed by atoms with Gasteiger partial charge in [0.1, 0.15) is 0 Å². The molecule has 0 aromatic heterocycles. The Morgan fingerprint density at radius 3 is 2.94 bits per heavy atom. The fraction of sp³-hybridized carbons (Fsp3) is 0.200. The second-order valence-corrected chi connectivity index (χ2v) is 3.50. The van der Waals surface area contributed by atoms with Gasteiger partial charge in [0, 0.05) is 6.92 Å². The van der Waals surface area contributed by atoms with Crippen LogP contribution >= 0.6 is 0 Å². The summed E-state index contributed by atoms with van der Waals surface area (Å²) in [4.78, 5) is 15.9. The van der Waals surface area contributed by atoms with Crippen molar-refractivity contribution < 1.29 is 9.49 Å². The molecule has 1 aliphatic heterocycles. The molecule has 1 aromatic carbocycles. The first-order chi connectivity index (χ1) is 7.65. The Hall–Kier alpha value is -2.08. The van der Waals surface area contributed by atoms with Crippen LogP contribution in [0, 0.1) is 5.53 Å². The predicted molar refractivity (Wildman–Crippen MR) is 57.3 cm³/mol. The molecule has 1 unspecified atom stereocenters. The third-order valence-corrected chi connectivity index (χ3v) is 2.51. The van der Waals surface area contributed by atoms with Crippen molar-refractivity contribution in [1.82, 2.24) is 5.43 Å². The molecule has 1 amide bonds. The summed E-state index contributed by atoms with van der Waals surface area (Å²) in [6.45, 7) is 1.68. The molecular formula is C10H12N5O+. The van der Waals surface area contributed by atoms with E-state index in [9.17, 15) is 4.79 Å². The van der Waals surface area contributed by atoms with E-state index in [1.807, 2.05) is 12.1 Å². The van der Waals surface area contributed by atoms with E-state index in [0.29, 0.717) is 17.1 Å². The molecule has 82 valence electrons. The van der Waals surface area contributed by atoms with Gasteiger partial charge < -0.3 is 0 Å². The number of hydrazine groups is 1. The van der Waals surface area contributed by atoms with Crippen LogP contribution in [0.25, 0.3) is 0 Å². The number of carbonyl (C=O) groups is 1. The molecule has 1 heterocycles. The van der Waals surface area contributed by atoms with Crippen molar-refractivity contribution in [1.29, 1.82) is 5.53 Å². The average molecular weight is 218 g/mol. The van der Waals surface area contributed by atoms with Crippen molar-refractivity contribution in [2.75, 3.05) is 0 Å². The summed E-state index contributed by atoms with van der Waals surface area (Å²) in [5, 5.41) is 0. The number of aliphatic imine (C=N–C) groups is 1. The quantitative estimate of drug-likeness (QED) is 0.282. The van der Waals surface area contributed by atoms with Crippen LogP contribution in [0.3, 0.4) is 0 Å². The van der Waals surface area contributed by atoms with Gasteiger partial charge in [-0.25, -0.2) is 5.84 Å². The highest BCUT2D eigenvalue weighted by Gasteiger charge is 2.37. The van der Waals surface area contributed by atoms with Gasteiger partial charge in [-0.1, -0.05) is 12.1 Å². The number of nitrogens with zero attached hydrogens (tertiary/aromatic N) is 2. The molecule has 0 saturated carbocycles. The van der Waals surface area contributed by atoms with E-state index < -0.39 is 11.9 Å². The topological polar surface area (TPSA) is 94.3 Å². The highest BCUT2D eigenvalue weighted by atomic mass is 16.2. The lowest BCUT2D eigenvalue weighted by Crippen LogP contribution is -2.41. The maximum Gasteiger partial charge on any atom is 0.316 e. The zero-order valence-electron chi connectivity index (χ0n) is 8.77. The third kappa shape index (κ3) is 1.49. The molecule has 0 aliphatic carbocycles. The van der Waals surface area contributed by atoms with Crippen LogP contribution in [0.4, 0.5) is 5.69 Å².